The molecule has 2 N–H and O–H groups in total. The van der Waals surface area contributed by atoms with Crippen LogP contribution in [0.5, 0.6) is 0 Å². The number of nitrogens with two attached hydrogens (primary N) is 1. The zero-order valence-corrected chi connectivity index (χ0v) is 12.0. The average Bonchev–Trinajstić information content (AvgIpc) is 2.31. The molecule has 18 heavy (non-hydrogen) atoms. The zero-order chi connectivity index (χ0) is 13.1. The van der Waals surface area contributed by atoms with E-state index in [4.69, 9.17) is 5.73 Å². The molecule has 5 heteroatoms. The van der Waals surface area contributed by atoms with Crippen molar-refractivity contribution < 1.29 is 0 Å². The molecular weight excluding hydrogens is 292 g/mol. The normalized spacial score (nSPS) is 10.4. The third-order valence-corrected chi connectivity index (χ3v) is 2.99. The van der Waals surface area contributed by atoms with E-state index < -0.39 is 0 Å². The number of nitrogen functional groups attached to an aromatic ring is 1. The van der Waals surface area contributed by atoms with E-state index in [1.54, 1.807) is 6.07 Å². The Hall–Kier alpha value is -1.62. The fourth-order valence-corrected chi connectivity index (χ4v) is 2.02. The van der Waals surface area contributed by atoms with Gasteiger partial charge in [0.25, 0.3) is 0 Å². The second-order valence-electron chi connectivity index (χ2n) is 4.26. The van der Waals surface area contributed by atoms with Crippen molar-refractivity contribution in [1.29, 1.82) is 0 Å². The molecule has 2 aromatic rings. The van der Waals surface area contributed by atoms with Crippen molar-refractivity contribution in [3.05, 3.63) is 46.1 Å². The second-order valence-corrected chi connectivity index (χ2v) is 5.07. The number of aromatic nitrogens is 2. The molecule has 0 bridgehead atoms. The van der Waals surface area contributed by atoms with E-state index in [2.05, 4.69) is 57.1 Å². The van der Waals surface area contributed by atoms with Gasteiger partial charge in [-0.3, -0.25) is 0 Å². The second kappa shape index (κ2) is 5.35. The van der Waals surface area contributed by atoms with Crippen LogP contribution in [0.1, 0.15) is 11.1 Å². The van der Waals surface area contributed by atoms with Crippen molar-refractivity contribution in [3.8, 4) is 0 Å². The maximum Gasteiger partial charge on any atom is 0.228 e. The monoisotopic (exact) mass is 306 g/mol. The number of hydrogen-bond donors (Lipinski definition) is 1. The minimum atomic E-state index is 0.461. The van der Waals surface area contributed by atoms with Gasteiger partial charge < -0.3 is 10.6 Å². The summed E-state index contributed by atoms with van der Waals surface area (Å²) in [5.41, 5.74) is 8.17. The summed E-state index contributed by atoms with van der Waals surface area (Å²) in [6.45, 7) is 2.82. The first-order chi connectivity index (χ1) is 8.54. The Bertz CT molecular complexity index is 519. The van der Waals surface area contributed by atoms with Crippen LogP contribution >= 0.6 is 15.9 Å². The van der Waals surface area contributed by atoms with Crippen LogP contribution in [0.3, 0.4) is 0 Å². The summed E-state index contributed by atoms with van der Waals surface area (Å²) in [6, 6.07) is 10.1. The number of anilines is 2. The third-order valence-electron chi connectivity index (χ3n) is 2.58. The van der Waals surface area contributed by atoms with E-state index in [-0.39, 0.29) is 0 Å². The fourth-order valence-electron chi connectivity index (χ4n) is 1.63. The highest BCUT2D eigenvalue weighted by Crippen LogP contribution is 2.16. The van der Waals surface area contributed by atoms with Gasteiger partial charge in [-0.05, 0) is 28.4 Å². The maximum atomic E-state index is 5.70. The molecule has 0 aliphatic rings. The highest BCUT2D eigenvalue weighted by molar-refractivity contribution is 9.10. The van der Waals surface area contributed by atoms with E-state index in [0.717, 1.165) is 6.54 Å². The van der Waals surface area contributed by atoms with Crippen molar-refractivity contribution in [2.24, 2.45) is 0 Å². The molecule has 0 saturated carbocycles. The quantitative estimate of drug-likeness (QED) is 0.886. The Kier molecular flexibility index (Phi) is 3.81. The molecular formula is C13H15BrN4. The number of benzene rings is 1. The zero-order valence-electron chi connectivity index (χ0n) is 10.4. The average molecular weight is 307 g/mol. The molecule has 4 nitrogen and oxygen atoms in total. The van der Waals surface area contributed by atoms with Crippen molar-refractivity contribution in [2.75, 3.05) is 17.7 Å². The summed E-state index contributed by atoms with van der Waals surface area (Å²) < 4.78 is 0.695. The van der Waals surface area contributed by atoms with E-state index in [9.17, 15) is 0 Å². The van der Waals surface area contributed by atoms with E-state index in [1.807, 2.05) is 11.9 Å². The van der Waals surface area contributed by atoms with E-state index in [0.29, 0.717) is 16.4 Å². The topological polar surface area (TPSA) is 55.0 Å². The SMILES string of the molecule is Cc1ccc(CN(C)c2nc(N)cc(Br)n2)cc1. The molecule has 0 amide bonds. The summed E-state index contributed by atoms with van der Waals surface area (Å²) in [4.78, 5) is 10.5. The first-order valence-electron chi connectivity index (χ1n) is 5.61. The lowest BCUT2D eigenvalue weighted by molar-refractivity contribution is 0.864. The minimum absolute atomic E-state index is 0.461. The molecule has 1 heterocycles. The predicted octanol–water partition coefficient (Wildman–Crippen LogP) is 2.77. The largest absolute Gasteiger partial charge is 0.383 e. The Morgan fingerprint density at radius 1 is 1.22 bits per heavy atom. The van der Waals surface area contributed by atoms with Gasteiger partial charge in [-0.25, -0.2) is 4.98 Å². The molecule has 0 aliphatic heterocycles. The summed E-state index contributed by atoms with van der Waals surface area (Å²) in [5.74, 6) is 1.07. The fraction of sp³-hybridized carbons (Fsp3) is 0.231. The molecule has 0 aliphatic carbocycles. The van der Waals surface area contributed by atoms with Gasteiger partial charge >= 0.3 is 0 Å². The number of hydrogen-bond acceptors (Lipinski definition) is 4. The molecule has 94 valence electrons. The molecule has 0 saturated heterocycles. The standard InChI is InChI=1S/C13H15BrN4/c1-9-3-5-10(6-4-9)8-18(2)13-16-11(14)7-12(15)17-13/h3-7H,8H2,1-2H3,(H2,15,16,17). The summed E-state index contributed by atoms with van der Waals surface area (Å²) in [5, 5.41) is 0. The van der Waals surface area contributed by atoms with Crippen molar-refractivity contribution in [1.82, 2.24) is 9.97 Å². The van der Waals surface area contributed by atoms with Crippen molar-refractivity contribution >= 4 is 27.7 Å². The van der Waals surface area contributed by atoms with Crippen LogP contribution in [0, 0.1) is 6.92 Å². The minimum Gasteiger partial charge on any atom is -0.383 e. The number of rotatable bonds is 3. The van der Waals surface area contributed by atoms with Gasteiger partial charge in [0.1, 0.15) is 10.4 Å². The van der Waals surface area contributed by atoms with E-state index in [1.165, 1.54) is 11.1 Å². The first kappa shape index (κ1) is 12.8. The van der Waals surface area contributed by atoms with Crippen LogP contribution in [0.2, 0.25) is 0 Å². The summed E-state index contributed by atoms with van der Waals surface area (Å²) >= 11 is 3.32. The first-order valence-corrected chi connectivity index (χ1v) is 6.40. The third kappa shape index (κ3) is 3.20. The Morgan fingerprint density at radius 2 is 1.89 bits per heavy atom. The smallest absolute Gasteiger partial charge is 0.228 e. The van der Waals surface area contributed by atoms with Crippen LogP contribution in [0.4, 0.5) is 11.8 Å². The molecule has 0 fully saturated rings. The lowest BCUT2D eigenvalue weighted by Gasteiger charge is -2.17. The van der Waals surface area contributed by atoms with Gasteiger partial charge in [-0.15, -0.1) is 0 Å². The van der Waals surface area contributed by atoms with Crippen LogP contribution in [0.25, 0.3) is 0 Å². The van der Waals surface area contributed by atoms with Gasteiger partial charge in [0, 0.05) is 19.7 Å². The van der Waals surface area contributed by atoms with Crippen molar-refractivity contribution in [3.63, 3.8) is 0 Å². The van der Waals surface area contributed by atoms with Gasteiger partial charge in [-0.1, -0.05) is 29.8 Å². The predicted molar refractivity (Wildman–Crippen MR) is 77.4 cm³/mol. The lowest BCUT2D eigenvalue weighted by Crippen LogP contribution is -2.19. The van der Waals surface area contributed by atoms with E-state index >= 15 is 0 Å². The Balaban J connectivity index is 2.16. The Morgan fingerprint density at radius 3 is 2.50 bits per heavy atom. The number of halogens is 1. The molecule has 1 aromatic heterocycles. The lowest BCUT2D eigenvalue weighted by atomic mass is 10.1. The van der Waals surface area contributed by atoms with Crippen LogP contribution in [0.15, 0.2) is 34.9 Å². The molecule has 0 atom stereocenters. The van der Waals surface area contributed by atoms with Gasteiger partial charge in [0.2, 0.25) is 5.95 Å². The summed E-state index contributed by atoms with van der Waals surface area (Å²) in [6.07, 6.45) is 0. The van der Waals surface area contributed by atoms with Gasteiger partial charge in [0.05, 0.1) is 0 Å². The van der Waals surface area contributed by atoms with Gasteiger partial charge in [0.15, 0.2) is 0 Å². The highest BCUT2D eigenvalue weighted by Gasteiger charge is 2.07. The molecule has 0 unspecified atom stereocenters. The van der Waals surface area contributed by atoms with Crippen molar-refractivity contribution in [2.45, 2.75) is 13.5 Å². The highest BCUT2D eigenvalue weighted by atomic mass is 79.9. The number of aryl methyl sites for hydroxylation is 1. The molecule has 0 radical (unpaired) electrons. The molecule has 1 aromatic carbocycles. The van der Waals surface area contributed by atoms with Crippen LogP contribution in [-0.4, -0.2) is 17.0 Å². The Labute approximate surface area is 115 Å². The summed E-state index contributed by atoms with van der Waals surface area (Å²) in [7, 11) is 1.95. The molecule has 0 spiro atoms. The molecule has 2 rings (SSSR count). The maximum absolute atomic E-state index is 5.70. The van der Waals surface area contributed by atoms with Gasteiger partial charge in [-0.2, -0.15) is 4.98 Å². The van der Waals surface area contributed by atoms with Crippen LogP contribution < -0.4 is 10.6 Å². The van der Waals surface area contributed by atoms with Crippen LogP contribution in [-0.2, 0) is 6.54 Å². The number of nitrogens with zero attached hydrogens (tertiary/aromatic N) is 3.